The van der Waals surface area contributed by atoms with Crippen molar-refractivity contribution < 1.29 is 0 Å². The molecule has 0 aromatic heterocycles. The maximum absolute atomic E-state index is 6.18. The molecule has 0 fully saturated rings. The summed E-state index contributed by atoms with van der Waals surface area (Å²) in [4.78, 5) is 0. The molecule has 0 atom stereocenters. The highest BCUT2D eigenvalue weighted by Crippen LogP contribution is 2.51. The van der Waals surface area contributed by atoms with Gasteiger partial charge in [0.2, 0.25) is 0 Å². The van der Waals surface area contributed by atoms with Crippen molar-refractivity contribution in [2.45, 2.75) is 26.2 Å². The number of aryl methyl sites for hydroxylation is 1. The minimum absolute atomic E-state index is 0.0152. The van der Waals surface area contributed by atoms with Crippen molar-refractivity contribution in [3.63, 3.8) is 0 Å². The second-order valence-corrected chi connectivity index (χ2v) is 5.39. The zero-order chi connectivity index (χ0) is 12.2. The fraction of sp³-hybridized carbons (Fsp3) is 0.250. The molecular weight excluding hydrogens is 206 g/mol. The molecule has 3 rings (SSSR count). The van der Waals surface area contributed by atoms with Gasteiger partial charge in [0, 0.05) is 11.1 Å². The van der Waals surface area contributed by atoms with Crippen LogP contribution in [0.25, 0.3) is 11.1 Å². The highest BCUT2D eigenvalue weighted by molar-refractivity contribution is 5.86. The lowest BCUT2D eigenvalue weighted by Crippen LogP contribution is -2.18. The Balaban J connectivity index is 2.46. The summed E-state index contributed by atoms with van der Waals surface area (Å²) in [6, 6.07) is 12.7. The third-order valence-electron chi connectivity index (χ3n) is 3.91. The lowest BCUT2D eigenvalue weighted by molar-refractivity contribution is 0.658. The van der Waals surface area contributed by atoms with E-state index in [-0.39, 0.29) is 5.41 Å². The predicted octanol–water partition coefficient (Wildman–Crippen LogP) is 3.88. The molecule has 2 aromatic carbocycles. The molecule has 0 amide bonds. The van der Waals surface area contributed by atoms with Crippen molar-refractivity contribution in [1.82, 2.24) is 0 Å². The van der Waals surface area contributed by atoms with E-state index >= 15 is 0 Å². The van der Waals surface area contributed by atoms with Crippen molar-refractivity contribution >= 4 is 5.69 Å². The van der Waals surface area contributed by atoms with Gasteiger partial charge in [0.25, 0.3) is 0 Å². The average Bonchev–Trinajstić information content (AvgIpc) is 2.50. The van der Waals surface area contributed by atoms with Gasteiger partial charge >= 0.3 is 0 Å². The maximum Gasteiger partial charge on any atom is 0.0361 e. The van der Waals surface area contributed by atoms with E-state index < -0.39 is 0 Å². The quantitative estimate of drug-likeness (QED) is 0.674. The Labute approximate surface area is 102 Å². The topological polar surface area (TPSA) is 26.0 Å². The molecule has 0 spiro atoms. The van der Waals surface area contributed by atoms with Gasteiger partial charge in [-0.25, -0.2) is 0 Å². The molecule has 2 aromatic rings. The van der Waals surface area contributed by atoms with Crippen LogP contribution in [0.4, 0.5) is 5.69 Å². The zero-order valence-corrected chi connectivity index (χ0v) is 10.5. The summed E-state index contributed by atoms with van der Waals surface area (Å²) in [5.74, 6) is 0. The van der Waals surface area contributed by atoms with Gasteiger partial charge in [0.1, 0.15) is 0 Å². The first-order valence-electron chi connectivity index (χ1n) is 6.03. The summed E-state index contributed by atoms with van der Waals surface area (Å²) >= 11 is 0. The molecule has 86 valence electrons. The Morgan fingerprint density at radius 2 is 1.47 bits per heavy atom. The third kappa shape index (κ3) is 1.20. The highest BCUT2D eigenvalue weighted by atomic mass is 14.6. The monoisotopic (exact) mass is 223 g/mol. The van der Waals surface area contributed by atoms with E-state index in [1.54, 1.807) is 0 Å². The fourth-order valence-corrected chi connectivity index (χ4v) is 3.34. The highest BCUT2D eigenvalue weighted by Gasteiger charge is 2.37. The summed E-state index contributed by atoms with van der Waals surface area (Å²) in [7, 11) is 0. The Morgan fingerprint density at radius 1 is 0.882 bits per heavy atom. The van der Waals surface area contributed by atoms with Crippen LogP contribution in [0.1, 0.15) is 30.5 Å². The van der Waals surface area contributed by atoms with Gasteiger partial charge in [-0.05, 0) is 40.8 Å². The van der Waals surface area contributed by atoms with Crippen LogP contribution in [0, 0.1) is 6.92 Å². The van der Waals surface area contributed by atoms with E-state index in [0.717, 1.165) is 5.69 Å². The number of nitrogen functional groups attached to an aromatic ring is 1. The molecular formula is C16H17N. The van der Waals surface area contributed by atoms with Gasteiger partial charge < -0.3 is 5.73 Å². The van der Waals surface area contributed by atoms with Crippen LogP contribution in [-0.4, -0.2) is 0 Å². The van der Waals surface area contributed by atoms with E-state index in [2.05, 4.69) is 45.0 Å². The zero-order valence-electron chi connectivity index (χ0n) is 10.5. The summed E-state index contributed by atoms with van der Waals surface area (Å²) in [5.41, 5.74) is 13.8. The minimum atomic E-state index is 0.0152. The van der Waals surface area contributed by atoms with Crippen LogP contribution >= 0.6 is 0 Å². The Kier molecular flexibility index (Phi) is 1.91. The van der Waals surface area contributed by atoms with Gasteiger partial charge in [0.15, 0.2) is 0 Å². The normalized spacial score (nSPS) is 15.5. The molecule has 0 heterocycles. The summed E-state index contributed by atoms with van der Waals surface area (Å²) in [6.07, 6.45) is 0. The summed E-state index contributed by atoms with van der Waals surface area (Å²) in [6.45, 7) is 6.71. The Hall–Kier alpha value is -1.76. The second kappa shape index (κ2) is 3.13. The molecule has 0 radical (unpaired) electrons. The average molecular weight is 223 g/mol. The molecule has 1 heteroatoms. The summed E-state index contributed by atoms with van der Waals surface area (Å²) in [5, 5.41) is 0. The number of fused-ring (bicyclic) bond motifs is 3. The lowest BCUT2D eigenvalue weighted by atomic mass is 9.80. The molecule has 0 unspecified atom stereocenters. The van der Waals surface area contributed by atoms with Crippen molar-refractivity contribution in [3.05, 3.63) is 53.1 Å². The smallest absolute Gasteiger partial charge is 0.0361 e. The van der Waals surface area contributed by atoms with E-state index in [4.69, 9.17) is 5.73 Å². The van der Waals surface area contributed by atoms with Crippen molar-refractivity contribution in [2.24, 2.45) is 0 Å². The Morgan fingerprint density at radius 3 is 2.18 bits per heavy atom. The molecule has 0 saturated heterocycles. The molecule has 2 N–H and O–H groups in total. The van der Waals surface area contributed by atoms with E-state index in [1.807, 2.05) is 12.1 Å². The van der Waals surface area contributed by atoms with Crippen LogP contribution in [-0.2, 0) is 5.41 Å². The van der Waals surface area contributed by atoms with E-state index in [9.17, 15) is 0 Å². The number of anilines is 1. The van der Waals surface area contributed by atoms with Gasteiger partial charge in [-0.2, -0.15) is 0 Å². The molecule has 1 aliphatic carbocycles. The van der Waals surface area contributed by atoms with Crippen LogP contribution in [0.2, 0.25) is 0 Å². The number of hydrogen-bond donors (Lipinski definition) is 1. The number of rotatable bonds is 0. The largest absolute Gasteiger partial charge is 0.398 e. The van der Waals surface area contributed by atoms with Crippen molar-refractivity contribution in [3.8, 4) is 11.1 Å². The molecule has 0 saturated carbocycles. The van der Waals surface area contributed by atoms with Crippen LogP contribution < -0.4 is 5.73 Å². The minimum Gasteiger partial charge on any atom is -0.398 e. The molecule has 1 nitrogen and oxygen atoms in total. The van der Waals surface area contributed by atoms with Gasteiger partial charge in [-0.3, -0.25) is 0 Å². The molecule has 17 heavy (non-hydrogen) atoms. The molecule has 1 aliphatic rings. The van der Waals surface area contributed by atoms with E-state index in [0.29, 0.717) is 0 Å². The molecule has 0 bridgehead atoms. The second-order valence-electron chi connectivity index (χ2n) is 5.39. The van der Waals surface area contributed by atoms with Crippen molar-refractivity contribution in [1.29, 1.82) is 0 Å². The van der Waals surface area contributed by atoms with Gasteiger partial charge in [-0.1, -0.05) is 44.2 Å². The van der Waals surface area contributed by atoms with Crippen LogP contribution in [0.3, 0.4) is 0 Å². The van der Waals surface area contributed by atoms with E-state index in [1.165, 1.54) is 27.8 Å². The Bertz CT molecular complexity index is 555. The maximum atomic E-state index is 6.18. The number of nitrogens with two attached hydrogens (primary N) is 1. The number of benzene rings is 2. The standard InChI is InChI=1S/C16H17N/c1-10-6-4-7-11-12-8-5-9-13(17)15(12)16(2,3)14(10)11/h4-9H,17H2,1-3H3. The SMILES string of the molecule is Cc1cccc2c1C(C)(C)c1c(N)cccc1-2. The number of hydrogen-bond acceptors (Lipinski definition) is 1. The van der Waals surface area contributed by atoms with Crippen LogP contribution in [0.5, 0.6) is 0 Å². The third-order valence-corrected chi connectivity index (χ3v) is 3.91. The van der Waals surface area contributed by atoms with Crippen LogP contribution in [0.15, 0.2) is 36.4 Å². The molecule has 0 aliphatic heterocycles. The van der Waals surface area contributed by atoms with Gasteiger partial charge in [-0.15, -0.1) is 0 Å². The predicted molar refractivity (Wildman–Crippen MR) is 73.2 cm³/mol. The fourth-order valence-electron chi connectivity index (χ4n) is 3.34. The first-order valence-corrected chi connectivity index (χ1v) is 6.03. The van der Waals surface area contributed by atoms with Crippen molar-refractivity contribution in [2.75, 3.05) is 5.73 Å². The summed E-state index contributed by atoms with van der Waals surface area (Å²) < 4.78 is 0. The van der Waals surface area contributed by atoms with Gasteiger partial charge in [0.05, 0.1) is 0 Å². The first kappa shape index (κ1) is 10.4. The lowest BCUT2D eigenvalue weighted by Gasteiger charge is -2.24. The first-order chi connectivity index (χ1) is 8.03.